The fourth-order valence-electron chi connectivity index (χ4n) is 1.25. The van der Waals surface area contributed by atoms with Crippen molar-refractivity contribution in [2.75, 3.05) is 0 Å². The molecule has 1 aliphatic carbocycles. The van der Waals surface area contributed by atoms with Crippen LogP contribution in [-0.4, -0.2) is 11.4 Å². The van der Waals surface area contributed by atoms with Crippen molar-refractivity contribution < 1.29 is 5.21 Å². The zero-order valence-electron chi connectivity index (χ0n) is 6.08. The molecule has 56 valence electrons. The van der Waals surface area contributed by atoms with Gasteiger partial charge < -0.3 is 5.21 Å². The molecule has 10 heavy (non-hydrogen) atoms. The summed E-state index contributed by atoms with van der Waals surface area (Å²) in [5, 5.41) is 11.1. The van der Waals surface area contributed by atoms with Gasteiger partial charge in [0.15, 0.2) is 0 Å². The molecule has 0 fully saturated rings. The van der Waals surface area contributed by atoms with E-state index in [4.69, 9.17) is 5.21 Å². The van der Waals surface area contributed by atoms with Gasteiger partial charge in [-0.2, -0.15) is 0 Å². The van der Waals surface area contributed by atoms with E-state index in [0.717, 1.165) is 6.42 Å². The molecule has 0 saturated carbocycles. The first-order valence-corrected chi connectivity index (χ1v) is 3.77. The highest BCUT2D eigenvalue weighted by Gasteiger charge is 2.00. The molecular weight excluding hydrogens is 126 g/mol. The highest BCUT2D eigenvalue weighted by Crippen LogP contribution is 2.18. The zero-order chi connectivity index (χ0) is 7.23. The Morgan fingerprint density at radius 1 is 1.60 bits per heavy atom. The van der Waals surface area contributed by atoms with Crippen LogP contribution in [0.25, 0.3) is 0 Å². The molecule has 2 nitrogen and oxygen atoms in total. The highest BCUT2D eigenvalue weighted by atomic mass is 16.4. The lowest BCUT2D eigenvalue weighted by Crippen LogP contribution is -1.92. The van der Waals surface area contributed by atoms with E-state index in [1.165, 1.54) is 31.3 Å². The van der Waals surface area contributed by atoms with Crippen LogP contribution in [0.4, 0.5) is 0 Å². The van der Waals surface area contributed by atoms with Gasteiger partial charge in [-0.1, -0.05) is 11.6 Å². The first kappa shape index (κ1) is 7.32. The van der Waals surface area contributed by atoms with Crippen molar-refractivity contribution in [3.8, 4) is 0 Å². The second-order valence-electron chi connectivity index (χ2n) is 2.61. The Hall–Kier alpha value is -0.790. The van der Waals surface area contributed by atoms with Crippen LogP contribution in [0.15, 0.2) is 16.8 Å². The van der Waals surface area contributed by atoms with Gasteiger partial charge in [-0.05, 0) is 25.7 Å². The molecule has 0 aliphatic heterocycles. The summed E-state index contributed by atoms with van der Waals surface area (Å²) in [5.74, 6) is 0. The summed E-state index contributed by atoms with van der Waals surface area (Å²) in [6.07, 6.45) is 9.64. The van der Waals surface area contributed by atoms with Crippen molar-refractivity contribution in [1.82, 2.24) is 0 Å². The predicted octanol–water partition coefficient (Wildman–Crippen LogP) is 2.34. The SMILES string of the molecule is ON=CCC1=CCCCC1. The summed E-state index contributed by atoms with van der Waals surface area (Å²) in [6.45, 7) is 0. The van der Waals surface area contributed by atoms with Crippen molar-refractivity contribution in [3.05, 3.63) is 11.6 Å². The maximum Gasteiger partial charge on any atom is 0.0476 e. The first-order chi connectivity index (χ1) is 4.93. The second-order valence-corrected chi connectivity index (χ2v) is 2.61. The molecule has 0 heterocycles. The van der Waals surface area contributed by atoms with Gasteiger partial charge >= 0.3 is 0 Å². The molecule has 0 atom stereocenters. The number of allylic oxidation sites excluding steroid dienone is 2. The Bertz CT molecular complexity index is 149. The largest absolute Gasteiger partial charge is 0.411 e. The van der Waals surface area contributed by atoms with Crippen LogP contribution in [0.1, 0.15) is 32.1 Å². The van der Waals surface area contributed by atoms with E-state index < -0.39 is 0 Å². The molecule has 0 aromatic carbocycles. The number of hydrogen-bond donors (Lipinski definition) is 1. The minimum atomic E-state index is 0.830. The Kier molecular flexibility index (Phi) is 3.00. The summed E-state index contributed by atoms with van der Waals surface area (Å²) in [7, 11) is 0. The van der Waals surface area contributed by atoms with E-state index in [2.05, 4.69) is 11.2 Å². The highest BCUT2D eigenvalue weighted by molar-refractivity contribution is 5.60. The predicted molar refractivity (Wildman–Crippen MR) is 41.4 cm³/mol. The normalized spacial score (nSPS) is 19.4. The third kappa shape index (κ3) is 2.21. The third-order valence-electron chi connectivity index (χ3n) is 1.82. The molecule has 2 heteroatoms. The van der Waals surface area contributed by atoms with Crippen molar-refractivity contribution >= 4 is 6.21 Å². The molecule has 0 bridgehead atoms. The monoisotopic (exact) mass is 139 g/mol. The van der Waals surface area contributed by atoms with Crippen LogP contribution in [0, 0.1) is 0 Å². The summed E-state index contributed by atoms with van der Waals surface area (Å²) in [5.41, 5.74) is 1.42. The Balaban J connectivity index is 2.31. The lowest BCUT2D eigenvalue weighted by atomic mass is 9.98. The van der Waals surface area contributed by atoms with E-state index >= 15 is 0 Å². The van der Waals surface area contributed by atoms with Crippen LogP contribution >= 0.6 is 0 Å². The summed E-state index contributed by atoms with van der Waals surface area (Å²) < 4.78 is 0. The van der Waals surface area contributed by atoms with E-state index in [1.54, 1.807) is 6.21 Å². The molecule has 0 unspecified atom stereocenters. The van der Waals surface area contributed by atoms with Crippen LogP contribution in [0.5, 0.6) is 0 Å². The van der Waals surface area contributed by atoms with Crippen LogP contribution in [0.2, 0.25) is 0 Å². The van der Waals surface area contributed by atoms with Crippen molar-refractivity contribution in [3.63, 3.8) is 0 Å². The summed E-state index contributed by atoms with van der Waals surface area (Å²) in [6, 6.07) is 0. The van der Waals surface area contributed by atoms with E-state index in [1.807, 2.05) is 0 Å². The molecule has 1 N–H and O–H groups in total. The standard InChI is InChI=1S/C8H13NO/c10-9-7-6-8-4-2-1-3-5-8/h4,7,10H,1-3,5-6H2. The molecule has 0 aromatic heterocycles. The van der Waals surface area contributed by atoms with E-state index in [-0.39, 0.29) is 0 Å². The fourth-order valence-corrected chi connectivity index (χ4v) is 1.25. The average molecular weight is 139 g/mol. The van der Waals surface area contributed by atoms with Crippen LogP contribution in [-0.2, 0) is 0 Å². The first-order valence-electron chi connectivity index (χ1n) is 3.77. The van der Waals surface area contributed by atoms with E-state index in [9.17, 15) is 0 Å². The molecule has 0 radical (unpaired) electrons. The Labute approximate surface area is 61.2 Å². The maximum atomic E-state index is 8.14. The average Bonchev–Trinajstić information content (AvgIpc) is 2.03. The van der Waals surface area contributed by atoms with Crippen molar-refractivity contribution in [2.45, 2.75) is 32.1 Å². The van der Waals surface area contributed by atoms with Gasteiger partial charge in [-0.15, -0.1) is 5.16 Å². The van der Waals surface area contributed by atoms with Gasteiger partial charge in [-0.3, -0.25) is 0 Å². The molecule has 0 spiro atoms. The molecular formula is C8H13NO. The van der Waals surface area contributed by atoms with Crippen molar-refractivity contribution in [2.24, 2.45) is 5.16 Å². The number of rotatable bonds is 2. The topological polar surface area (TPSA) is 32.6 Å². The lowest BCUT2D eigenvalue weighted by Gasteiger charge is -2.08. The Morgan fingerprint density at radius 3 is 3.10 bits per heavy atom. The fraction of sp³-hybridized carbons (Fsp3) is 0.625. The number of nitrogens with zero attached hydrogens (tertiary/aromatic N) is 1. The number of hydrogen-bond acceptors (Lipinski definition) is 2. The van der Waals surface area contributed by atoms with Gasteiger partial charge in [-0.25, -0.2) is 0 Å². The minimum absolute atomic E-state index is 0.830. The summed E-state index contributed by atoms with van der Waals surface area (Å²) >= 11 is 0. The van der Waals surface area contributed by atoms with Crippen LogP contribution in [0.3, 0.4) is 0 Å². The minimum Gasteiger partial charge on any atom is -0.411 e. The van der Waals surface area contributed by atoms with Gasteiger partial charge in [0.25, 0.3) is 0 Å². The smallest absolute Gasteiger partial charge is 0.0476 e. The number of oxime groups is 1. The van der Waals surface area contributed by atoms with Gasteiger partial charge in [0, 0.05) is 12.6 Å². The lowest BCUT2D eigenvalue weighted by molar-refractivity contribution is 0.320. The summed E-state index contributed by atoms with van der Waals surface area (Å²) in [4.78, 5) is 0. The quantitative estimate of drug-likeness (QED) is 0.271. The van der Waals surface area contributed by atoms with Gasteiger partial charge in [0.1, 0.15) is 0 Å². The van der Waals surface area contributed by atoms with Gasteiger partial charge in [0.05, 0.1) is 0 Å². The van der Waals surface area contributed by atoms with Crippen molar-refractivity contribution in [1.29, 1.82) is 0 Å². The zero-order valence-corrected chi connectivity index (χ0v) is 6.08. The second kappa shape index (κ2) is 4.09. The van der Waals surface area contributed by atoms with Crippen LogP contribution < -0.4 is 0 Å². The molecule has 0 aromatic rings. The Morgan fingerprint density at radius 2 is 2.50 bits per heavy atom. The van der Waals surface area contributed by atoms with Gasteiger partial charge in [0.2, 0.25) is 0 Å². The maximum absolute atomic E-state index is 8.14. The molecule has 1 rings (SSSR count). The third-order valence-corrected chi connectivity index (χ3v) is 1.82. The molecule has 0 saturated heterocycles. The van der Waals surface area contributed by atoms with E-state index in [0.29, 0.717) is 0 Å². The molecule has 1 aliphatic rings. The molecule has 0 amide bonds.